The van der Waals surface area contributed by atoms with Crippen LogP contribution in [0.15, 0.2) is 170 Å². The fourth-order valence-corrected chi connectivity index (χ4v) is 9.00. The summed E-state index contributed by atoms with van der Waals surface area (Å²) >= 11 is 0. The van der Waals surface area contributed by atoms with Crippen LogP contribution in [0.1, 0.15) is 60.1 Å². The van der Waals surface area contributed by atoms with Crippen LogP contribution in [-0.4, -0.2) is 0 Å². The number of hydrogen-bond donors (Lipinski definition) is 0. The molecule has 4 aliphatic carbocycles. The zero-order valence-corrected chi connectivity index (χ0v) is 27.0. The van der Waals surface area contributed by atoms with Gasteiger partial charge in [0.15, 0.2) is 0 Å². The second-order valence-corrected chi connectivity index (χ2v) is 13.6. The van der Waals surface area contributed by atoms with Crippen LogP contribution in [0.4, 0.5) is 11.4 Å². The molecule has 47 heavy (non-hydrogen) atoms. The second kappa shape index (κ2) is 10.3. The van der Waals surface area contributed by atoms with Crippen molar-refractivity contribution in [2.24, 2.45) is 0 Å². The predicted octanol–water partition coefficient (Wildman–Crippen LogP) is 11.7. The average Bonchev–Trinajstić information content (AvgIpc) is 3.67. The topological polar surface area (TPSA) is 3.24 Å². The Kier molecular flexibility index (Phi) is 6.11. The van der Waals surface area contributed by atoms with Gasteiger partial charge in [-0.05, 0) is 92.8 Å². The van der Waals surface area contributed by atoms with Crippen LogP contribution in [0.25, 0.3) is 22.3 Å². The van der Waals surface area contributed by atoms with Gasteiger partial charge in [0.25, 0.3) is 0 Å². The summed E-state index contributed by atoms with van der Waals surface area (Å²) in [5, 5.41) is 0. The van der Waals surface area contributed by atoms with Crippen molar-refractivity contribution < 1.29 is 0 Å². The van der Waals surface area contributed by atoms with Crippen LogP contribution in [0.5, 0.6) is 0 Å². The van der Waals surface area contributed by atoms with Crippen molar-refractivity contribution >= 4 is 22.5 Å². The Hall–Kier alpha value is -5.40. The summed E-state index contributed by atoms with van der Waals surface area (Å²) in [6, 6.07) is 45.3. The number of hydrogen-bond acceptors (Lipinski definition) is 1. The molecule has 5 aromatic rings. The zero-order chi connectivity index (χ0) is 31.8. The third-order valence-corrected chi connectivity index (χ3v) is 10.9. The zero-order valence-electron chi connectivity index (χ0n) is 27.0. The monoisotopic (exact) mass is 603 g/mol. The molecule has 5 aromatic carbocycles. The summed E-state index contributed by atoms with van der Waals surface area (Å²) in [6.07, 6.45) is 13.2. The van der Waals surface area contributed by atoms with Crippen LogP contribution in [0.3, 0.4) is 0 Å². The van der Waals surface area contributed by atoms with Crippen molar-refractivity contribution in [2.45, 2.75) is 37.5 Å². The van der Waals surface area contributed by atoms with E-state index in [1.165, 1.54) is 72.6 Å². The first-order valence-corrected chi connectivity index (χ1v) is 16.8. The van der Waals surface area contributed by atoms with Gasteiger partial charge in [-0.2, -0.15) is 0 Å². The number of benzene rings is 5. The van der Waals surface area contributed by atoms with E-state index >= 15 is 0 Å². The molecule has 1 spiro atoms. The molecule has 0 aromatic heterocycles. The van der Waals surface area contributed by atoms with Gasteiger partial charge in [0, 0.05) is 22.4 Å². The minimum Gasteiger partial charge on any atom is -0.312 e. The van der Waals surface area contributed by atoms with Gasteiger partial charge in [-0.15, -0.1) is 0 Å². The summed E-state index contributed by atoms with van der Waals surface area (Å²) in [5.41, 5.74) is 17.9. The van der Waals surface area contributed by atoms with Gasteiger partial charge >= 0.3 is 0 Å². The fourth-order valence-electron chi connectivity index (χ4n) is 9.00. The first-order chi connectivity index (χ1) is 23.1. The molecule has 0 N–H and O–H groups in total. The van der Waals surface area contributed by atoms with Gasteiger partial charge in [-0.3, -0.25) is 0 Å². The molecule has 226 valence electrons. The molecular weight excluding hydrogens is 567 g/mol. The van der Waals surface area contributed by atoms with Crippen LogP contribution < -0.4 is 4.90 Å². The van der Waals surface area contributed by atoms with E-state index in [0.29, 0.717) is 0 Å². The maximum Gasteiger partial charge on any atom is 0.0878 e. The van der Waals surface area contributed by atoms with Crippen LogP contribution in [0, 0.1) is 0 Å². The summed E-state index contributed by atoms with van der Waals surface area (Å²) in [6.45, 7) is 8.83. The van der Waals surface area contributed by atoms with E-state index in [2.05, 4.69) is 171 Å². The molecule has 0 saturated heterocycles. The van der Waals surface area contributed by atoms with Crippen LogP contribution in [-0.2, 0) is 10.8 Å². The SMILES string of the molecule is C=C/C=C\C1=C(N(c2ccccc2)c2ccc3c(c2)C(C)(C)c2ccccc2-3)C2(C3=C(CCC=C3)c3ccccc32)c2ccccc21. The Morgan fingerprint density at radius 3 is 2.04 bits per heavy atom. The highest BCUT2D eigenvalue weighted by atomic mass is 15.2. The van der Waals surface area contributed by atoms with E-state index in [1.54, 1.807) is 0 Å². The number of fused-ring (bicyclic) bond motifs is 9. The number of rotatable bonds is 5. The normalized spacial score (nSPS) is 19.5. The molecule has 0 aliphatic heterocycles. The standard InChI is InChI=1S/C46H37N/c1-4-5-19-38-36-23-12-16-27-42(36)46(40-25-14-10-21-34(40)35-22-11-15-26-41(35)46)44(38)47(31-17-7-6-8-18-31)32-28-29-37-33-20-9-13-24-39(33)45(2,3)43(37)30-32/h4-10,12-21,23-30H,1,11,22H2,2-3H3/b19-5-. The van der Waals surface area contributed by atoms with Crippen molar-refractivity contribution in [1.29, 1.82) is 0 Å². The lowest BCUT2D eigenvalue weighted by molar-refractivity contribution is 0.660. The van der Waals surface area contributed by atoms with Gasteiger partial charge in [-0.1, -0.05) is 148 Å². The maximum absolute atomic E-state index is 4.09. The largest absolute Gasteiger partial charge is 0.312 e. The second-order valence-electron chi connectivity index (χ2n) is 13.6. The number of para-hydroxylation sites is 1. The van der Waals surface area contributed by atoms with Gasteiger partial charge in [0.05, 0.1) is 11.1 Å². The summed E-state index contributed by atoms with van der Waals surface area (Å²) < 4.78 is 0. The quantitative estimate of drug-likeness (QED) is 0.181. The highest BCUT2D eigenvalue weighted by Crippen LogP contribution is 2.64. The van der Waals surface area contributed by atoms with Crippen molar-refractivity contribution in [3.8, 4) is 11.1 Å². The third kappa shape index (κ3) is 3.72. The van der Waals surface area contributed by atoms with Crippen molar-refractivity contribution in [3.63, 3.8) is 0 Å². The number of anilines is 2. The molecule has 0 radical (unpaired) electrons. The Morgan fingerprint density at radius 2 is 1.28 bits per heavy atom. The van der Waals surface area contributed by atoms with Crippen LogP contribution >= 0.6 is 0 Å². The van der Waals surface area contributed by atoms with E-state index in [1.807, 2.05) is 6.08 Å². The maximum atomic E-state index is 4.09. The first kappa shape index (κ1) is 27.9. The lowest BCUT2D eigenvalue weighted by Crippen LogP contribution is -2.36. The first-order valence-electron chi connectivity index (χ1n) is 16.8. The van der Waals surface area contributed by atoms with Crippen molar-refractivity contribution in [2.75, 3.05) is 4.90 Å². The lowest BCUT2D eigenvalue weighted by atomic mass is 9.70. The van der Waals surface area contributed by atoms with E-state index < -0.39 is 5.41 Å². The Morgan fingerprint density at radius 1 is 0.638 bits per heavy atom. The molecule has 1 unspecified atom stereocenters. The van der Waals surface area contributed by atoms with Gasteiger partial charge in [0.2, 0.25) is 0 Å². The van der Waals surface area contributed by atoms with Crippen molar-refractivity contribution in [3.05, 3.63) is 203 Å². The molecule has 0 amide bonds. The van der Waals surface area contributed by atoms with Gasteiger partial charge < -0.3 is 4.90 Å². The molecule has 9 rings (SSSR count). The molecule has 0 fully saturated rings. The molecule has 0 heterocycles. The summed E-state index contributed by atoms with van der Waals surface area (Å²) in [5.74, 6) is 0. The Bertz CT molecular complexity index is 2240. The summed E-state index contributed by atoms with van der Waals surface area (Å²) in [7, 11) is 0. The van der Waals surface area contributed by atoms with E-state index in [-0.39, 0.29) is 5.41 Å². The highest BCUT2D eigenvalue weighted by Gasteiger charge is 2.55. The van der Waals surface area contributed by atoms with E-state index in [4.69, 9.17) is 0 Å². The number of nitrogens with zero attached hydrogens (tertiary/aromatic N) is 1. The molecule has 1 atom stereocenters. The lowest BCUT2D eigenvalue weighted by Gasteiger charge is -2.41. The Balaban J connectivity index is 1.40. The van der Waals surface area contributed by atoms with Gasteiger partial charge in [-0.25, -0.2) is 0 Å². The molecule has 1 heteroatoms. The molecular formula is C46H37N. The summed E-state index contributed by atoms with van der Waals surface area (Å²) in [4.78, 5) is 2.57. The third-order valence-electron chi connectivity index (χ3n) is 10.9. The average molecular weight is 604 g/mol. The number of allylic oxidation sites excluding steroid dienone is 8. The van der Waals surface area contributed by atoms with E-state index in [9.17, 15) is 0 Å². The van der Waals surface area contributed by atoms with Crippen molar-refractivity contribution in [1.82, 2.24) is 0 Å². The molecule has 4 aliphatic rings. The minimum absolute atomic E-state index is 0.109. The minimum atomic E-state index is -0.479. The van der Waals surface area contributed by atoms with Gasteiger partial charge in [0.1, 0.15) is 0 Å². The Labute approximate surface area is 278 Å². The molecule has 0 bridgehead atoms. The van der Waals surface area contributed by atoms with E-state index in [0.717, 1.165) is 18.5 Å². The molecule has 1 nitrogen and oxygen atoms in total. The fraction of sp³-hybridized carbons (Fsp3) is 0.130. The van der Waals surface area contributed by atoms with Crippen LogP contribution in [0.2, 0.25) is 0 Å². The highest BCUT2D eigenvalue weighted by molar-refractivity contribution is 6.01. The molecule has 0 saturated carbocycles. The smallest absolute Gasteiger partial charge is 0.0878 e. The predicted molar refractivity (Wildman–Crippen MR) is 198 cm³/mol.